The minimum atomic E-state index is -0.180. The zero-order chi connectivity index (χ0) is 15.2. The predicted molar refractivity (Wildman–Crippen MR) is 87.0 cm³/mol. The van der Waals surface area contributed by atoms with Crippen molar-refractivity contribution in [1.82, 2.24) is 5.32 Å². The van der Waals surface area contributed by atoms with Crippen molar-refractivity contribution in [2.75, 3.05) is 12.3 Å². The molecule has 0 radical (unpaired) electrons. The van der Waals surface area contributed by atoms with Crippen molar-refractivity contribution in [3.05, 3.63) is 58.6 Å². The molecule has 1 unspecified atom stereocenters. The fourth-order valence-electron chi connectivity index (χ4n) is 1.94. The van der Waals surface area contributed by atoms with E-state index in [0.29, 0.717) is 11.4 Å². The van der Waals surface area contributed by atoms with Crippen LogP contribution in [0.2, 0.25) is 0 Å². The average molecular weight is 349 g/mol. The van der Waals surface area contributed by atoms with Gasteiger partial charge >= 0.3 is 0 Å². The third-order valence-corrected chi connectivity index (χ3v) is 3.70. The van der Waals surface area contributed by atoms with Crippen molar-refractivity contribution in [2.24, 2.45) is 0 Å². The second-order valence-corrected chi connectivity index (χ2v) is 5.53. The fourth-order valence-corrected chi connectivity index (χ4v) is 2.57. The molecule has 110 valence electrons. The van der Waals surface area contributed by atoms with Gasteiger partial charge < -0.3 is 15.8 Å². The number of nitrogens with one attached hydrogen (secondary N) is 1. The SMILES string of the molecule is CC(NC(=O)COc1cccc(N)c1)c1ccccc1Br. The summed E-state index contributed by atoms with van der Waals surface area (Å²) in [7, 11) is 0. The molecule has 0 aliphatic heterocycles. The lowest BCUT2D eigenvalue weighted by molar-refractivity contribution is -0.123. The van der Waals surface area contributed by atoms with Gasteiger partial charge in [-0.25, -0.2) is 0 Å². The van der Waals surface area contributed by atoms with Gasteiger partial charge in [0.25, 0.3) is 5.91 Å². The summed E-state index contributed by atoms with van der Waals surface area (Å²) in [4.78, 5) is 11.9. The Morgan fingerprint density at radius 2 is 2.05 bits per heavy atom. The van der Waals surface area contributed by atoms with Crippen LogP contribution in [-0.4, -0.2) is 12.5 Å². The Balaban J connectivity index is 1.89. The Bertz CT molecular complexity index is 631. The molecule has 0 fully saturated rings. The van der Waals surface area contributed by atoms with Crippen LogP contribution in [0.5, 0.6) is 5.75 Å². The molecule has 0 bridgehead atoms. The van der Waals surface area contributed by atoms with Gasteiger partial charge in [0.05, 0.1) is 6.04 Å². The molecular weight excluding hydrogens is 332 g/mol. The number of amides is 1. The maximum absolute atomic E-state index is 11.9. The lowest BCUT2D eigenvalue weighted by Gasteiger charge is -2.16. The highest BCUT2D eigenvalue weighted by molar-refractivity contribution is 9.10. The summed E-state index contributed by atoms with van der Waals surface area (Å²) in [5.41, 5.74) is 7.28. The lowest BCUT2D eigenvalue weighted by atomic mass is 10.1. The van der Waals surface area contributed by atoms with E-state index in [-0.39, 0.29) is 18.6 Å². The Labute approximate surface area is 132 Å². The number of benzene rings is 2. The van der Waals surface area contributed by atoms with Crippen molar-refractivity contribution in [3.8, 4) is 5.75 Å². The number of nitrogen functional groups attached to an aromatic ring is 1. The van der Waals surface area contributed by atoms with Crippen LogP contribution >= 0.6 is 15.9 Å². The topological polar surface area (TPSA) is 64.3 Å². The van der Waals surface area contributed by atoms with Gasteiger partial charge in [-0.15, -0.1) is 0 Å². The van der Waals surface area contributed by atoms with Crippen LogP contribution in [0, 0.1) is 0 Å². The minimum Gasteiger partial charge on any atom is -0.484 e. The first-order valence-corrected chi connectivity index (χ1v) is 7.37. The van der Waals surface area contributed by atoms with Crippen LogP contribution in [0.25, 0.3) is 0 Å². The molecule has 4 nitrogen and oxygen atoms in total. The first-order chi connectivity index (χ1) is 10.1. The smallest absolute Gasteiger partial charge is 0.258 e. The van der Waals surface area contributed by atoms with E-state index in [1.54, 1.807) is 24.3 Å². The van der Waals surface area contributed by atoms with Crippen LogP contribution in [0.1, 0.15) is 18.5 Å². The van der Waals surface area contributed by atoms with E-state index in [1.807, 2.05) is 31.2 Å². The number of hydrogen-bond donors (Lipinski definition) is 2. The summed E-state index contributed by atoms with van der Waals surface area (Å²) in [6.45, 7) is 1.89. The third-order valence-electron chi connectivity index (χ3n) is 2.98. The quantitative estimate of drug-likeness (QED) is 0.815. The Hall–Kier alpha value is -2.01. The van der Waals surface area contributed by atoms with Crippen LogP contribution < -0.4 is 15.8 Å². The van der Waals surface area contributed by atoms with Gasteiger partial charge in [-0.05, 0) is 30.7 Å². The normalized spacial score (nSPS) is 11.7. The molecule has 0 heterocycles. The molecule has 3 N–H and O–H groups in total. The summed E-state index contributed by atoms with van der Waals surface area (Å²) in [5.74, 6) is 0.402. The highest BCUT2D eigenvalue weighted by atomic mass is 79.9. The maximum Gasteiger partial charge on any atom is 0.258 e. The number of carbonyl (C=O) groups excluding carboxylic acids is 1. The third kappa shape index (κ3) is 4.49. The molecule has 2 rings (SSSR count). The molecule has 1 atom stereocenters. The van der Waals surface area contributed by atoms with E-state index in [4.69, 9.17) is 10.5 Å². The number of nitrogens with two attached hydrogens (primary N) is 1. The molecule has 2 aromatic rings. The molecular formula is C16H17BrN2O2. The van der Waals surface area contributed by atoms with Crippen molar-refractivity contribution >= 4 is 27.5 Å². The van der Waals surface area contributed by atoms with Crippen LogP contribution in [0.15, 0.2) is 53.0 Å². The zero-order valence-corrected chi connectivity index (χ0v) is 13.3. The van der Waals surface area contributed by atoms with E-state index in [9.17, 15) is 4.79 Å². The van der Waals surface area contributed by atoms with E-state index < -0.39 is 0 Å². The van der Waals surface area contributed by atoms with E-state index in [0.717, 1.165) is 10.0 Å². The van der Waals surface area contributed by atoms with Crippen LogP contribution in [-0.2, 0) is 4.79 Å². The number of ether oxygens (including phenoxy) is 1. The molecule has 0 aromatic heterocycles. The first kappa shape index (κ1) is 15.4. The molecule has 0 spiro atoms. The largest absolute Gasteiger partial charge is 0.484 e. The zero-order valence-electron chi connectivity index (χ0n) is 11.7. The van der Waals surface area contributed by atoms with E-state index in [2.05, 4.69) is 21.2 Å². The number of carbonyl (C=O) groups is 1. The Morgan fingerprint density at radius 1 is 1.29 bits per heavy atom. The molecule has 0 aliphatic carbocycles. The average Bonchev–Trinajstić information content (AvgIpc) is 2.45. The molecule has 1 amide bonds. The highest BCUT2D eigenvalue weighted by Crippen LogP contribution is 2.22. The summed E-state index contributed by atoms with van der Waals surface area (Å²) in [6.07, 6.45) is 0. The number of anilines is 1. The predicted octanol–water partition coefficient (Wildman–Crippen LogP) is 3.29. The van der Waals surface area contributed by atoms with Gasteiger partial charge in [-0.3, -0.25) is 4.79 Å². The fraction of sp³-hybridized carbons (Fsp3) is 0.188. The van der Waals surface area contributed by atoms with Gasteiger partial charge in [0.15, 0.2) is 6.61 Å². The standard InChI is InChI=1S/C16H17BrN2O2/c1-11(14-7-2-3-8-15(14)17)19-16(20)10-21-13-6-4-5-12(18)9-13/h2-9,11H,10,18H2,1H3,(H,19,20). The summed E-state index contributed by atoms with van der Waals surface area (Å²) in [6, 6.07) is 14.7. The summed E-state index contributed by atoms with van der Waals surface area (Å²) < 4.78 is 6.38. The monoisotopic (exact) mass is 348 g/mol. The van der Waals surface area contributed by atoms with Crippen molar-refractivity contribution < 1.29 is 9.53 Å². The summed E-state index contributed by atoms with van der Waals surface area (Å²) in [5, 5.41) is 2.90. The molecule has 5 heteroatoms. The molecule has 0 aliphatic rings. The van der Waals surface area contributed by atoms with Gasteiger partial charge in [-0.1, -0.05) is 40.2 Å². The summed E-state index contributed by atoms with van der Waals surface area (Å²) >= 11 is 3.47. The molecule has 0 saturated carbocycles. The second-order valence-electron chi connectivity index (χ2n) is 4.67. The van der Waals surface area contributed by atoms with Crippen molar-refractivity contribution in [1.29, 1.82) is 0 Å². The number of halogens is 1. The molecule has 21 heavy (non-hydrogen) atoms. The molecule has 0 saturated heterocycles. The lowest BCUT2D eigenvalue weighted by Crippen LogP contribution is -2.31. The highest BCUT2D eigenvalue weighted by Gasteiger charge is 2.12. The second kappa shape index (κ2) is 7.13. The first-order valence-electron chi connectivity index (χ1n) is 6.58. The van der Waals surface area contributed by atoms with E-state index >= 15 is 0 Å². The molecule has 2 aromatic carbocycles. The van der Waals surface area contributed by atoms with E-state index in [1.165, 1.54) is 0 Å². The van der Waals surface area contributed by atoms with Gasteiger partial charge in [0.2, 0.25) is 0 Å². The van der Waals surface area contributed by atoms with Gasteiger partial charge in [0.1, 0.15) is 5.75 Å². The number of rotatable bonds is 5. The van der Waals surface area contributed by atoms with Crippen LogP contribution in [0.3, 0.4) is 0 Å². The Kier molecular flexibility index (Phi) is 5.22. The van der Waals surface area contributed by atoms with Gasteiger partial charge in [0, 0.05) is 16.2 Å². The van der Waals surface area contributed by atoms with Crippen molar-refractivity contribution in [3.63, 3.8) is 0 Å². The Morgan fingerprint density at radius 3 is 2.76 bits per heavy atom. The minimum absolute atomic E-state index is 0.0434. The number of hydrogen-bond acceptors (Lipinski definition) is 3. The van der Waals surface area contributed by atoms with Gasteiger partial charge in [-0.2, -0.15) is 0 Å². The maximum atomic E-state index is 11.9. The van der Waals surface area contributed by atoms with Crippen LogP contribution in [0.4, 0.5) is 5.69 Å². The van der Waals surface area contributed by atoms with Crippen molar-refractivity contribution in [2.45, 2.75) is 13.0 Å².